The number of rotatable bonds is 6. The van der Waals surface area contributed by atoms with Gasteiger partial charge >= 0.3 is 0 Å². The molecule has 4 rings (SSSR count). The van der Waals surface area contributed by atoms with E-state index < -0.39 is 0 Å². The molecule has 0 aromatic heterocycles. The Kier molecular flexibility index (Phi) is 6.43. The van der Waals surface area contributed by atoms with Gasteiger partial charge in [-0.25, -0.2) is 0 Å². The van der Waals surface area contributed by atoms with Crippen LogP contribution in [-0.4, -0.2) is 62.2 Å². The third-order valence-corrected chi connectivity index (χ3v) is 6.27. The van der Waals surface area contributed by atoms with Crippen LogP contribution < -0.4 is 5.32 Å². The van der Waals surface area contributed by atoms with Gasteiger partial charge in [-0.05, 0) is 49.2 Å². The molecule has 2 aromatic carbocycles. The quantitative estimate of drug-likeness (QED) is 0.831. The summed E-state index contributed by atoms with van der Waals surface area (Å²) in [4.78, 5) is 5.00. The zero-order chi connectivity index (χ0) is 19.3. The molecule has 2 aromatic rings. The van der Waals surface area contributed by atoms with Gasteiger partial charge in [-0.15, -0.1) is 0 Å². The highest BCUT2D eigenvalue weighted by molar-refractivity contribution is 5.64. The fourth-order valence-electron chi connectivity index (χ4n) is 4.15. The zero-order valence-electron chi connectivity index (χ0n) is 17.2. The van der Waals surface area contributed by atoms with Crippen LogP contribution in [0.1, 0.15) is 30.5 Å². The summed E-state index contributed by atoms with van der Waals surface area (Å²) >= 11 is 0. The van der Waals surface area contributed by atoms with E-state index >= 15 is 0 Å². The van der Waals surface area contributed by atoms with Crippen molar-refractivity contribution in [2.75, 3.05) is 46.3 Å². The van der Waals surface area contributed by atoms with E-state index in [0.717, 1.165) is 45.7 Å². The number of nitrogens with one attached hydrogen (secondary N) is 1. The summed E-state index contributed by atoms with van der Waals surface area (Å²) in [5.74, 6) is 0. The molecule has 0 radical (unpaired) electrons. The maximum absolute atomic E-state index is 5.97. The number of benzene rings is 2. The molecule has 0 bridgehead atoms. The number of nitrogens with zero attached hydrogens (tertiary/aromatic N) is 2. The van der Waals surface area contributed by atoms with Crippen LogP contribution in [0.25, 0.3) is 11.1 Å². The maximum Gasteiger partial charge on any atom is 0.0721 e. The van der Waals surface area contributed by atoms with Gasteiger partial charge in [0.1, 0.15) is 0 Å². The second-order valence-corrected chi connectivity index (χ2v) is 8.26. The predicted molar refractivity (Wildman–Crippen MR) is 115 cm³/mol. The number of hydrogen-bond acceptors (Lipinski definition) is 4. The Labute approximate surface area is 169 Å². The molecule has 2 aliphatic heterocycles. The van der Waals surface area contributed by atoms with Gasteiger partial charge in [-0.3, -0.25) is 4.90 Å². The Bertz CT molecular complexity index is 729. The van der Waals surface area contributed by atoms with Gasteiger partial charge in [0.2, 0.25) is 0 Å². The molecule has 4 heteroatoms. The molecule has 28 heavy (non-hydrogen) atoms. The summed E-state index contributed by atoms with van der Waals surface area (Å²) in [5.41, 5.74) is 5.20. The molecule has 0 aliphatic carbocycles. The molecule has 0 spiro atoms. The zero-order valence-corrected chi connectivity index (χ0v) is 17.2. The van der Waals surface area contributed by atoms with Crippen molar-refractivity contribution in [2.24, 2.45) is 0 Å². The Hall–Kier alpha value is -1.72. The highest BCUT2D eigenvalue weighted by Crippen LogP contribution is 2.26. The van der Waals surface area contributed by atoms with Crippen LogP contribution in [0.3, 0.4) is 0 Å². The number of likely N-dealkylation sites (N-methyl/N-ethyl adjacent to an activating group) is 1. The summed E-state index contributed by atoms with van der Waals surface area (Å²) in [5, 5.41) is 3.34. The molecule has 2 heterocycles. The number of hydrogen-bond donors (Lipinski definition) is 1. The van der Waals surface area contributed by atoms with Gasteiger partial charge in [0, 0.05) is 38.8 Å². The van der Waals surface area contributed by atoms with Crippen LogP contribution in [0.2, 0.25) is 0 Å². The van der Waals surface area contributed by atoms with Gasteiger partial charge in [0.15, 0.2) is 0 Å². The van der Waals surface area contributed by atoms with Crippen molar-refractivity contribution in [3.05, 3.63) is 59.7 Å². The number of ether oxygens (including phenoxy) is 1. The first-order valence-electron chi connectivity index (χ1n) is 10.6. The molecule has 4 nitrogen and oxygen atoms in total. The fraction of sp³-hybridized carbons (Fsp3) is 0.500. The van der Waals surface area contributed by atoms with Crippen molar-refractivity contribution >= 4 is 0 Å². The van der Waals surface area contributed by atoms with E-state index in [4.69, 9.17) is 4.74 Å². The van der Waals surface area contributed by atoms with E-state index in [1.165, 1.54) is 22.3 Å². The van der Waals surface area contributed by atoms with Gasteiger partial charge in [-0.2, -0.15) is 0 Å². The monoisotopic (exact) mass is 379 g/mol. The largest absolute Gasteiger partial charge is 0.372 e. The molecule has 150 valence electrons. The van der Waals surface area contributed by atoms with Crippen molar-refractivity contribution in [1.82, 2.24) is 15.1 Å². The van der Waals surface area contributed by atoms with Crippen molar-refractivity contribution in [3.63, 3.8) is 0 Å². The lowest BCUT2D eigenvalue weighted by Crippen LogP contribution is -2.45. The third kappa shape index (κ3) is 4.81. The van der Waals surface area contributed by atoms with Crippen LogP contribution in [-0.2, 0) is 11.3 Å². The van der Waals surface area contributed by atoms with Crippen molar-refractivity contribution in [1.29, 1.82) is 0 Å². The minimum atomic E-state index is 0.370. The first-order chi connectivity index (χ1) is 13.7. The van der Waals surface area contributed by atoms with Crippen LogP contribution in [0, 0.1) is 0 Å². The van der Waals surface area contributed by atoms with Crippen LogP contribution >= 0.6 is 0 Å². The molecular weight excluding hydrogens is 346 g/mol. The Morgan fingerprint density at radius 3 is 2.21 bits per heavy atom. The molecular formula is C24H33N3O. The third-order valence-electron chi connectivity index (χ3n) is 6.27. The van der Waals surface area contributed by atoms with E-state index in [1.54, 1.807) is 0 Å². The van der Waals surface area contributed by atoms with Crippen molar-refractivity contribution in [3.8, 4) is 11.1 Å². The molecule has 2 saturated heterocycles. The Balaban J connectivity index is 1.35. The molecule has 2 fully saturated rings. The van der Waals surface area contributed by atoms with E-state index in [1.807, 2.05) is 0 Å². The summed E-state index contributed by atoms with van der Waals surface area (Å²) in [6.45, 7) is 9.72. The predicted octanol–water partition coefficient (Wildman–Crippen LogP) is 3.54. The first-order valence-corrected chi connectivity index (χ1v) is 10.6. The smallest absolute Gasteiger partial charge is 0.0721 e. The van der Waals surface area contributed by atoms with Gasteiger partial charge in [-0.1, -0.05) is 48.5 Å². The van der Waals surface area contributed by atoms with E-state index in [9.17, 15) is 0 Å². The minimum Gasteiger partial charge on any atom is -0.372 e. The van der Waals surface area contributed by atoms with Crippen molar-refractivity contribution < 1.29 is 4.74 Å². The molecule has 0 amide bonds. The highest BCUT2D eigenvalue weighted by Gasteiger charge is 2.20. The van der Waals surface area contributed by atoms with Crippen LogP contribution in [0.15, 0.2) is 48.5 Å². The average Bonchev–Trinajstić information content (AvgIpc) is 3.27. The normalized spacial score (nSPS) is 22.4. The second kappa shape index (κ2) is 9.19. The minimum absolute atomic E-state index is 0.370. The molecule has 1 N–H and O–H groups in total. The number of piperazine rings is 1. The summed E-state index contributed by atoms with van der Waals surface area (Å²) < 4.78 is 5.97. The fourth-order valence-corrected chi connectivity index (χ4v) is 4.15. The van der Waals surface area contributed by atoms with E-state index in [2.05, 4.69) is 77.6 Å². The maximum atomic E-state index is 5.97. The SMILES string of the molecule is CC(c1ccc(-c2ccc(COC3CCNC3)cc2)cc1)N1CCN(C)CC1. The molecule has 2 unspecified atom stereocenters. The lowest BCUT2D eigenvalue weighted by molar-refractivity contribution is 0.0542. The summed E-state index contributed by atoms with van der Waals surface area (Å²) in [6, 6.07) is 18.4. The van der Waals surface area contributed by atoms with Crippen LogP contribution in [0.5, 0.6) is 0 Å². The standard InChI is InChI=1S/C24H33N3O/c1-19(27-15-13-26(2)14-16-27)21-7-9-23(10-8-21)22-5-3-20(4-6-22)18-28-24-11-12-25-17-24/h3-10,19,24-25H,11-18H2,1-2H3. The average molecular weight is 380 g/mol. The Morgan fingerprint density at radius 1 is 0.964 bits per heavy atom. The molecule has 2 atom stereocenters. The summed E-state index contributed by atoms with van der Waals surface area (Å²) in [6.07, 6.45) is 1.49. The van der Waals surface area contributed by atoms with Gasteiger partial charge in [0.25, 0.3) is 0 Å². The lowest BCUT2D eigenvalue weighted by Gasteiger charge is -2.36. The Morgan fingerprint density at radius 2 is 1.61 bits per heavy atom. The second-order valence-electron chi connectivity index (χ2n) is 8.26. The van der Waals surface area contributed by atoms with E-state index in [-0.39, 0.29) is 0 Å². The highest BCUT2D eigenvalue weighted by atomic mass is 16.5. The van der Waals surface area contributed by atoms with Crippen molar-refractivity contribution in [2.45, 2.75) is 32.1 Å². The molecule has 2 aliphatic rings. The van der Waals surface area contributed by atoms with Gasteiger partial charge in [0.05, 0.1) is 12.7 Å². The van der Waals surface area contributed by atoms with Crippen LogP contribution in [0.4, 0.5) is 0 Å². The summed E-state index contributed by atoms with van der Waals surface area (Å²) in [7, 11) is 2.21. The van der Waals surface area contributed by atoms with Gasteiger partial charge < -0.3 is 15.0 Å². The lowest BCUT2D eigenvalue weighted by atomic mass is 9.99. The first kappa shape index (κ1) is 19.6. The van der Waals surface area contributed by atoms with E-state index in [0.29, 0.717) is 18.8 Å². The topological polar surface area (TPSA) is 27.7 Å². The molecule has 0 saturated carbocycles.